The van der Waals surface area contributed by atoms with Gasteiger partial charge in [-0.1, -0.05) is 18.2 Å². The van der Waals surface area contributed by atoms with Crippen LogP contribution >= 0.6 is 0 Å². The van der Waals surface area contributed by atoms with Gasteiger partial charge in [-0.15, -0.1) is 0 Å². The molecule has 0 spiro atoms. The molecule has 0 saturated heterocycles. The zero-order valence-corrected chi connectivity index (χ0v) is 14.8. The zero-order valence-electron chi connectivity index (χ0n) is 14.8. The molecular weight excluding hydrogens is 351 g/mol. The van der Waals surface area contributed by atoms with Crippen LogP contribution in [0.2, 0.25) is 0 Å². The second kappa shape index (κ2) is 8.44. The Kier molecular flexibility index (Phi) is 5.80. The van der Waals surface area contributed by atoms with E-state index in [1.165, 1.54) is 13.2 Å². The summed E-state index contributed by atoms with van der Waals surface area (Å²) in [5.74, 6) is -0.513. The van der Waals surface area contributed by atoms with Crippen LogP contribution in [0, 0.1) is 5.82 Å². The van der Waals surface area contributed by atoms with E-state index in [9.17, 15) is 14.0 Å². The summed E-state index contributed by atoms with van der Waals surface area (Å²) in [5, 5.41) is 2.74. The molecule has 1 amide bonds. The van der Waals surface area contributed by atoms with E-state index in [0.29, 0.717) is 41.1 Å². The fourth-order valence-electron chi connectivity index (χ4n) is 2.63. The van der Waals surface area contributed by atoms with E-state index in [-0.39, 0.29) is 30.5 Å². The van der Waals surface area contributed by atoms with Gasteiger partial charge >= 0.3 is 5.97 Å². The van der Waals surface area contributed by atoms with Gasteiger partial charge in [-0.2, -0.15) is 0 Å². The van der Waals surface area contributed by atoms with E-state index in [1.807, 2.05) is 0 Å². The van der Waals surface area contributed by atoms with Crippen molar-refractivity contribution in [2.45, 2.75) is 19.3 Å². The number of rotatable bonds is 7. The van der Waals surface area contributed by atoms with Gasteiger partial charge in [-0.3, -0.25) is 9.59 Å². The summed E-state index contributed by atoms with van der Waals surface area (Å²) in [6.45, 7) is 0.362. The standard InChI is InChI=1S/C20H19FN2O4/c1-26-19(24)7-4-10-22-20(25)14-8-9-16-17(11-14)27-18(23-16)12-13-5-2-3-6-15(13)21/h2-3,5-6,8-9,11H,4,7,10,12H2,1H3,(H,22,25). The van der Waals surface area contributed by atoms with Crippen LogP contribution in [0.5, 0.6) is 0 Å². The van der Waals surface area contributed by atoms with Gasteiger partial charge in [-0.25, -0.2) is 9.37 Å². The molecular formula is C20H19FN2O4. The molecule has 3 aromatic rings. The minimum absolute atomic E-state index is 0.233. The van der Waals surface area contributed by atoms with Crippen molar-refractivity contribution in [3.05, 3.63) is 65.3 Å². The van der Waals surface area contributed by atoms with Crippen molar-refractivity contribution >= 4 is 23.0 Å². The van der Waals surface area contributed by atoms with Gasteiger partial charge in [0.1, 0.15) is 11.3 Å². The summed E-state index contributed by atoms with van der Waals surface area (Å²) in [6.07, 6.45) is 0.976. The van der Waals surface area contributed by atoms with Crippen molar-refractivity contribution in [3.8, 4) is 0 Å². The van der Waals surface area contributed by atoms with Crippen LogP contribution in [0.15, 0.2) is 46.9 Å². The number of esters is 1. The highest BCUT2D eigenvalue weighted by atomic mass is 19.1. The normalized spacial score (nSPS) is 10.7. The summed E-state index contributed by atoms with van der Waals surface area (Å²) >= 11 is 0. The summed E-state index contributed by atoms with van der Waals surface area (Å²) in [6, 6.07) is 11.4. The van der Waals surface area contributed by atoms with Crippen LogP contribution in [0.25, 0.3) is 11.1 Å². The maximum atomic E-state index is 13.8. The Morgan fingerprint density at radius 3 is 2.81 bits per heavy atom. The lowest BCUT2D eigenvalue weighted by Gasteiger charge is -2.04. The number of fused-ring (bicyclic) bond motifs is 1. The average Bonchev–Trinajstić information content (AvgIpc) is 3.08. The molecule has 3 rings (SSSR count). The first-order chi connectivity index (χ1) is 13.1. The van der Waals surface area contributed by atoms with E-state index in [2.05, 4.69) is 15.0 Å². The first-order valence-corrected chi connectivity index (χ1v) is 8.54. The molecule has 0 fully saturated rings. The molecule has 0 aliphatic carbocycles. The number of halogens is 1. The average molecular weight is 370 g/mol. The summed E-state index contributed by atoms with van der Waals surface area (Å²) < 4.78 is 24.0. The minimum Gasteiger partial charge on any atom is -0.469 e. The van der Waals surface area contributed by atoms with Gasteiger partial charge in [-0.05, 0) is 36.2 Å². The van der Waals surface area contributed by atoms with Crippen molar-refractivity contribution in [3.63, 3.8) is 0 Å². The summed E-state index contributed by atoms with van der Waals surface area (Å²) in [4.78, 5) is 27.6. The van der Waals surface area contributed by atoms with E-state index < -0.39 is 0 Å². The van der Waals surface area contributed by atoms with Gasteiger partial charge in [0.2, 0.25) is 0 Å². The number of hydrogen-bond acceptors (Lipinski definition) is 5. The predicted octanol–water partition coefficient (Wildman–Crippen LogP) is 3.24. The number of nitrogens with one attached hydrogen (secondary N) is 1. The van der Waals surface area contributed by atoms with Gasteiger partial charge in [0.25, 0.3) is 5.91 Å². The summed E-state index contributed by atoms with van der Waals surface area (Å²) in [7, 11) is 1.33. The number of ether oxygens (including phenoxy) is 1. The molecule has 0 radical (unpaired) electrons. The molecule has 1 heterocycles. The second-order valence-electron chi connectivity index (χ2n) is 5.99. The van der Waals surface area contributed by atoms with Crippen LogP contribution in [0.1, 0.15) is 34.7 Å². The van der Waals surface area contributed by atoms with E-state index >= 15 is 0 Å². The highest BCUT2D eigenvalue weighted by molar-refractivity contribution is 5.97. The Labute approximate surface area is 155 Å². The van der Waals surface area contributed by atoms with Crippen LogP contribution in [0.3, 0.4) is 0 Å². The Hall–Kier alpha value is -3.22. The van der Waals surface area contributed by atoms with Gasteiger partial charge in [0, 0.05) is 18.5 Å². The van der Waals surface area contributed by atoms with Crippen molar-refractivity contribution in [2.75, 3.05) is 13.7 Å². The number of carbonyl (C=O) groups is 2. The highest BCUT2D eigenvalue weighted by Crippen LogP contribution is 2.20. The number of nitrogens with zero attached hydrogens (tertiary/aromatic N) is 1. The fraction of sp³-hybridized carbons (Fsp3) is 0.250. The Morgan fingerprint density at radius 2 is 2.04 bits per heavy atom. The topological polar surface area (TPSA) is 81.4 Å². The lowest BCUT2D eigenvalue weighted by molar-refractivity contribution is -0.140. The first-order valence-electron chi connectivity index (χ1n) is 8.54. The quantitative estimate of drug-likeness (QED) is 0.510. The first kappa shape index (κ1) is 18.6. The Morgan fingerprint density at radius 1 is 1.22 bits per heavy atom. The lowest BCUT2D eigenvalue weighted by atomic mass is 10.1. The molecule has 140 valence electrons. The highest BCUT2D eigenvalue weighted by Gasteiger charge is 2.12. The third-order valence-electron chi connectivity index (χ3n) is 4.07. The number of benzene rings is 2. The number of amides is 1. The van der Waals surface area contributed by atoms with Crippen molar-refractivity contribution in [1.29, 1.82) is 0 Å². The monoisotopic (exact) mass is 370 g/mol. The molecule has 7 heteroatoms. The predicted molar refractivity (Wildman–Crippen MR) is 96.8 cm³/mol. The molecule has 27 heavy (non-hydrogen) atoms. The van der Waals surface area contributed by atoms with Gasteiger partial charge in [0.15, 0.2) is 11.5 Å². The van der Waals surface area contributed by atoms with Crippen molar-refractivity contribution in [2.24, 2.45) is 0 Å². The Balaban J connectivity index is 1.65. The second-order valence-corrected chi connectivity index (χ2v) is 5.99. The van der Waals surface area contributed by atoms with Crippen molar-refractivity contribution < 1.29 is 23.1 Å². The molecule has 0 bridgehead atoms. The fourth-order valence-corrected chi connectivity index (χ4v) is 2.63. The zero-order chi connectivity index (χ0) is 19.2. The van der Waals surface area contributed by atoms with E-state index in [4.69, 9.17) is 4.42 Å². The molecule has 0 aliphatic rings. The number of carbonyl (C=O) groups excluding carboxylic acids is 2. The third-order valence-corrected chi connectivity index (χ3v) is 4.07. The number of hydrogen-bond donors (Lipinski definition) is 1. The molecule has 6 nitrogen and oxygen atoms in total. The van der Waals surface area contributed by atoms with Gasteiger partial charge in [0.05, 0.1) is 13.5 Å². The lowest BCUT2D eigenvalue weighted by Crippen LogP contribution is -2.24. The van der Waals surface area contributed by atoms with Crippen LogP contribution in [-0.2, 0) is 16.0 Å². The molecule has 2 aromatic carbocycles. The minimum atomic E-state index is -0.313. The molecule has 0 atom stereocenters. The number of methoxy groups -OCH3 is 1. The maximum absolute atomic E-state index is 13.8. The molecule has 0 aliphatic heterocycles. The van der Waals surface area contributed by atoms with Crippen LogP contribution in [0.4, 0.5) is 4.39 Å². The largest absolute Gasteiger partial charge is 0.469 e. The Bertz CT molecular complexity index is 968. The summed E-state index contributed by atoms with van der Waals surface area (Å²) in [5.41, 5.74) is 1.98. The van der Waals surface area contributed by atoms with Crippen LogP contribution < -0.4 is 5.32 Å². The van der Waals surface area contributed by atoms with Gasteiger partial charge < -0.3 is 14.5 Å². The maximum Gasteiger partial charge on any atom is 0.305 e. The molecule has 0 unspecified atom stereocenters. The smallest absolute Gasteiger partial charge is 0.305 e. The van der Waals surface area contributed by atoms with E-state index in [1.54, 1.807) is 36.4 Å². The van der Waals surface area contributed by atoms with Crippen LogP contribution in [-0.4, -0.2) is 30.5 Å². The van der Waals surface area contributed by atoms with Crippen molar-refractivity contribution in [1.82, 2.24) is 10.3 Å². The molecule has 0 saturated carbocycles. The number of aromatic nitrogens is 1. The SMILES string of the molecule is COC(=O)CCCNC(=O)c1ccc2nc(Cc3ccccc3F)oc2c1. The number of oxazole rings is 1. The molecule has 1 aromatic heterocycles. The van der Waals surface area contributed by atoms with E-state index in [0.717, 1.165) is 0 Å². The molecule has 1 N–H and O–H groups in total. The third kappa shape index (κ3) is 4.69.